The summed E-state index contributed by atoms with van der Waals surface area (Å²) in [4.78, 5) is 38.4. The number of urea groups is 1. The fourth-order valence-electron chi connectivity index (χ4n) is 2.87. The molecule has 0 radical (unpaired) electrons. The van der Waals surface area contributed by atoms with Gasteiger partial charge in [-0.2, -0.15) is 0 Å². The normalized spacial score (nSPS) is 19.4. The molecule has 2 N–H and O–H groups in total. The standard InChI is InChI=1S/C19H18BrN3O3/c1-12-7-9-13(10-8-12)21-16(24)11-23-17(25)19(2,22-18(23)26)14-5-3-4-6-15(14)20/h3-10H,11H2,1-2H3,(H,21,24)(H,22,26)/t19-/m1/s1. The third-order valence-electron chi connectivity index (χ3n) is 4.32. The smallest absolute Gasteiger partial charge is 0.325 e. The van der Waals surface area contributed by atoms with Gasteiger partial charge in [0.25, 0.3) is 5.91 Å². The minimum Gasteiger partial charge on any atom is -0.325 e. The molecule has 0 spiro atoms. The Kier molecular flexibility index (Phi) is 4.82. The number of anilines is 1. The molecule has 134 valence electrons. The molecule has 1 saturated heterocycles. The number of amides is 4. The molecule has 2 aromatic rings. The van der Waals surface area contributed by atoms with Crippen molar-refractivity contribution in [1.29, 1.82) is 0 Å². The van der Waals surface area contributed by atoms with E-state index in [4.69, 9.17) is 0 Å². The van der Waals surface area contributed by atoms with Crippen LogP contribution in [-0.4, -0.2) is 29.3 Å². The van der Waals surface area contributed by atoms with Crippen LogP contribution in [0, 0.1) is 6.92 Å². The highest BCUT2D eigenvalue weighted by atomic mass is 79.9. The second-order valence-corrected chi connectivity index (χ2v) is 7.19. The molecule has 3 rings (SSSR count). The average molecular weight is 416 g/mol. The molecule has 0 unspecified atom stereocenters. The fourth-order valence-corrected chi connectivity index (χ4v) is 3.55. The van der Waals surface area contributed by atoms with Crippen LogP contribution in [0.1, 0.15) is 18.1 Å². The molecule has 0 bridgehead atoms. The first-order valence-corrected chi connectivity index (χ1v) is 8.86. The first kappa shape index (κ1) is 18.1. The zero-order valence-corrected chi connectivity index (χ0v) is 16.0. The maximum Gasteiger partial charge on any atom is 0.325 e. The van der Waals surface area contributed by atoms with Crippen LogP contribution in [-0.2, 0) is 15.1 Å². The van der Waals surface area contributed by atoms with Gasteiger partial charge in [-0.05, 0) is 32.0 Å². The second kappa shape index (κ2) is 6.92. The fraction of sp³-hybridized carbons (Fsp3) is 0.211. The van der Waals surface area contributed by atoms with Gasteiger partial charge in [-0.3, -0.25) is 14.5 Å². The Labute approximate surface area is 159 Å². The molecule has 0 aromatic heterocycles. The van der Waals surface area contributed by atoms with Crippen molar-refractivity contribution >= 4 is 39.5 Å². The number of aryl methyl sites for hydroxylation is 1. The summed E-state index contributed by atoms with van der Waals surface area (Å²) in [5.74, 6) is -0.901. The summed E-state index contributed by atoms with van der Waals surface area (Å²) >= 11 is 3.41. The summed E-state index contributed by atoms with van der Waals surface area (Å²) in [5, 5.41) is 5.38. The molecule has 26 heavy (non-hydrogen) atoms. The summed E-state index contributed by atoms with van der Waals surface area (Å²) in [5.41, 5.74) is 1.10. The van der Waals surface area contributed by atoms with Gasteiger partial charge in [-0.15, -0.1) is 0 Å². The highest BCUT2D eigenvalue weighted by Gasteiger charge is 2.50. The Hall–Kier alpha value is -2.67. The van der Waals surface area contributed by atoms with E-state index < -0.39 is 23.4 Å². The van der Waals surface area contributed by atoms with Gasteiger partial charge in [0.1, 0.15) is 12.1 Å². The van der Waals surface area contributed by atoms with E-state index in [1.165, 1.54) is 0 Å². The number of imide groups is 1. The predicted molar refractivity (Wildman–Crippen MR) is 102 cm³/mol. The second-order valence-electron chi connectivity index (χ2n) is 6.34. The molecule has 1 atom stereocenters. The number of hydrogen-bond acceptors (Lipinski definition) is 3. The topological polar surface area (TPSA) is 78.5 Å². The number of nitrogens with one attached hydrogen (secondary N) is 2. The Bertz CT molecular complexity index is 882. The lowest BCUT2D eigenvalue weighted by atomic mass is 9.92. The van der Waals surface area contributed by atoms with Crippen LogP contribution in [0.2, 0.25) is 0 Å². The van der Waals surface area contributed by atoms with E-state index >= 15 is 0 Å². The average Bonchev–Trinajstić information content (AvgIpc) is 2.81. The highest BCUT2D eigenvalue weighted by molar-refractivity contribution is 9.10. The van der Waals surface area contributed by atoms with Crippen molar-refractivity contribution in [2.24, 2.45) is 0 Å². The maximum atomic E-state index is 12.9. The van der Waals surface area contributed by atoms with Crippen molar-refractivity contribution in [3.63, 3.8) is 0 Å². The number of rotatable bonds is 4. The summed E-state index contributed by atoms with van der Waals surface area (Å²) in [6.07, 6.45) is 0. The monoisotopic (exact) mass is 415 g/mol. The van der Waals surface area contributed by atoms with E-state index in [0.717, 1.165) is 10.5 Å². The molecule has 0 saturated carbocycles. The molecule has 6 nitrogen and oxygen atoms in total. The van der Waals surface area contributed by atoms with Gasteiger partial charge in [0.05, 0.1) is 0 Å². The van der Waals surface area contributed by atoms with E-state index in [1.54, 1.807) is 37.3 Å². The van der Waals surface area contributed by atoms with Gasteiger partial charge in [-0.25, -0.2) is 4.79 Å². The van der Waals surface area contributed by atoms with Crippen LogP contribution in [0.5, 0.6) is 0 Å². The summed E-state index contributed by atoms with van der Waals surface area (Å²) in [7, 11) is 0. The first-order valence-electron chi connectivity index (χ1n) is 8.07. The number of nitrogens with zero attached hydrogens (tertiary/aromatic N) is 1. The zero-order valence-electron chi connectivity index (χ0n) is 14.4. The minimum absolute atomic E-state index is 0.349. The van der Waals surface area contributed by atoms with Crippen molar-refractivity contribution in [2.45, 2.75) is 19.4 Å². The molecule has 1 fully saturated rings. The van der Waals surface area contributed by atoms with Gasteiger partial charge in [0.15, 0.2) is 0 Å². The van der Waals surface area contributed by atoms with Crippen molar-refractivity contribution < 1.29 is 14.4 Å². The van der Waals surface area contributed by atoms with Crippen molar-refractivity contribution in [2.75, 3.05) is 11.9 Å². The van der Waals surface area contributed by atoms with Crippen LogP contribution in [0.3, 0.4) is 0 Å². The third-order valence-corrected chi connectivity index (χ3v) is 5.02. The Morgan fingerprint density at radius 1 is 1.15 bits per heavy atom. The molecular weight excluding hydrogens is 398 g/mol. The molecular formula is C19H18BrN3O3. The number of benzene rings is 2. The van der Waals surface area contributed by atoms with Crippen molar-refractivity contribution in [3.8, 4) is 0 Å². The van der Waals surface area contributed by atoms with E-state index in [1.807, 2.05) is 25.1 Å². The lowest BCUT2D eigenvalue weighted by molar-refractivity contribution is -0.133. The van der Waals surface area contributed by atoms with Crippen molar-refractivity contribution in [1.82, 2.24) is 10.2 Å². The van der Waals surface area contributed by atoms with E-state index in [0.29, 0.717) is 15.7 Å². The number of carbonyl (C=O) groups is 3. The maximum absolute atomic E-state index is 12.9. The van der Waals surface area contributed by atoms with Gasteiger partial charge in [-0.1, -0.05) is 51.8 Å². The lowest BCUT2D eigenvalue weighted by Gasteiger charge is -2.23. The number of carbonyl (C=O) groups excluding carboxylic acids is 3. The van der Waals surface area contributed by atoms with Crippen LogP contribution in [0.15, 0.2) is 53.0 Å². The third kappa shape index (κ3) is 3.35. The molecule has 7 heteroatoms. The Morgan fingerprint density at radius 3 is 2.46 bits per heavy atom. The van der Waals surface area contributed by atoms with E-state index in [2.05, 4.69) is 26.6 Å². The van der Waals surface area contributed by atoms with Crippen LogP contribution in [0.25, 0.3) is 0 Å². The summed E-state index contributed by atoms with van der Waals surface area (Å²) in [6, 6.07) is 13.9. The number of halogens is 1. The SMILES string of the molecule is Cc1ccc(NC(=O)CN2C(=O)N[C@](C)(c3ccccc3Br)C2=O)cc1. The molecule has 4 amide bonds. The van der Waals surface area contributed by atoms with Crippen LogP contribution in [0.4, 0.5) is 10.5 Å². The molecule has 1 heterocycles. The van der Waals surface area contributed by atoms with Crippen LogP contribution >= 0.6 is 15.9 Å². The van der Waals surface area contributed by atoms with Crippen molar-refractivity contribution in [3.05, 3.63) is 64.1 Å². The van der Waals surface area contributed by atoms with Gasteiger partial charge >= 0.3 is 6.03 Å². The largest absolute Gasteiger partial charge is 0.325 e. The van der Waals surface area contributed by atoms with Gasteiger partial charge < -0.3 is 10.6 Å². The molecule has 2 aromatic carbocycles. The van der Waals surface area contributed by atoms with E-state index in [9.17, 15) is 14.4 Å². The number of hydrogen-bond donors (Lipinski definition) is 2. The summed E-state index contributed by atoms with van der Waals surface area (Å²) < 4.78 is 0.710. The zero-order chi connectivity index (χ0) is 18.9. The minimum atomic E-state index is -1.22. The predicted octanol–water partition coefficient (Wildman–Crippen LogP) is 3.16. The quantitative estimate of drug-likeness (QED) is 0.752. The molecule has 1 aliphatic heterocycles. The molecule has 1 aliphatic rings. The Morgan fingerprint density at radius 2 is 1.81 bits per heavy atom. The highest BCUT2D eigenvalue weighted by Crippen LogP contribution is 2.33. The summed E-state index contributed by atoms with van der Waals surface area (Å²) in [6.45, 7) is 3.23. The lowest BCUT2D eigenvalue weighted by Crippen LogP contribution is -2.42. The first-order chi connectivity index (χ1) is 12.3. The molecule has 0 aliphatic carbocycles. The van der Waals surface area contributed by atoms with Gasteiger partial charge in [0, 0.05) is 15.7 Å². The Balaban J connectivity index is 1.76. The van der Waals surface area contributed by atoms with E-state index in [-0.39, 0.29) is 6.54 Å². The van der Waals surface area contributed by atoms with Crippen LogP contribution < -0.4 is 10.6 Å². The van der Waals surface area contributed by atoms with Gasteiger partial charge in [0.2, 0.25) is 5.91 Å².